The normalized spacial score (nSPS) is 10.9. The number of aromatic nitrogens is 3. The van der Waals surface area contributed by atoms with Crippen LogP contribution in [0.3, 0.4) is 0 Å². The van der Waals surface area contributed by atoms with E-state index in [0.717, 1.165) is 27.9 Å². The number of H-pyrrole nitrogens is 1. The minimum atomic E-state index is -0.498. The number of rotatable bonds is 7. The molecule has 2 N–H and O–H groups in total. The summed E-state index contributed by atoms with van der Waals surface area (Å²) >= 11 is 0. The zero-order chi connectivity index (χ0) is 22.5. The Morgan fingerprint density at radius 3 is 2.66 bits per heavy atom. The fraction of sp³-hybridized carbons (Fsp3) is 0.0833. The quantitative estimate of drug-likeness (QED) is 0.344. The number of hydrogen-bond donors (Lipinski definition) is 2. The van der Waals surface area contributed by atoms with Gasteiger partial charge in [-0.2, -0.15) is 0 Å². The predicted octanol–water partition coefficient (Wildman–Crippen LogP) is 3.77. The Morgan fingerprint density at radius 1 is 1.09 bits per heavy atom. The highest BCUT2D eigenvalue weighted by molar-refractivity contribution is 5.97. The molecule has 0 saturated carbocycles. The average Bonchev–Trinajstić information content (AvgIpc) is 3.24. The van der Waals surface area contributed by atoms with Crippen LogP contribution in [-0.4, -0.2) is 41.4 Å². The van der Waals surface area contributed by atoms with Crippen LogP contribution in [0.5, 0.6) is 11.6 Å². The van der Waals surface area contributed by atoms with Crippen LogP contribution in [0.1, 0.15) is 5.56 Å². The number of fused-ring (bicyclic) bond motifs is 1. The number of anilines is 1. The Hall–Kier alpha value is -4.46. The number of imide groups is 1. The number of ether oxygens (including phenoxy) is 1. The lowest BCUT2D eigenvalue weighted by Gasteiger charge is -2.12. The van der Waals surface area contributed by atoms with E-state index in [2.05, 4.69) is 32.4 Å². The van der Waals surface area contributed by atoms with E-state index in [1.54, 1.807) is 24.3 Å². The van der Waals surface area contributed by atoms with Gasteiger partial charge in [-0.25, -0.2) is 9.97 Å². The molecular formula is C24H21N5O3. The summed E-state index contributed by atoms with van der Waals surface area (Å²) in [4.78, 5) is 35.7. The molecule has 32 heavy (non-hydrogen) atoms. The van der Waals surface area contributed by atoms with Gasteiger partial charge in [0.2, 0.25) is 18.2 Å². The molecule has 2 heterocycles. The van der Waals surface area contributed by atoms with Gasteiger partial charge in [-0.05, 0) is 47.5 Å². The molecule has 0 aliphatic carbocycles. The third-order valence-electron chi connectivity index (χ3n) is 4.78. The van der Waals surface area contributed by atoms with Crippen molar-refractivity contribution < 1.29 is 14.3 Å². The average molecular weight is 427 g/mol. The minimum absolute atomic E-state index is 0.342. The predicted molar refractivity (Wildman–Crippen MR) is 123 cm³/mol. The summed E-state index contributed by atoms with van der Waals surface area (Å²) in [6.45, 7) is 0. The van der Waals surface area contributed by atoms with Crippen LogP contribution >= 0.6 is 0 Å². The van der Waals surface area contributed by atoms with Crippen LogP contribution in [0.4, 0.5) is 5.69 Å². The maximum absolute atomic E-state index is 11.4. The second-order valence-corrected chi connectivity index (χ2v) is 7.20. The van der Waals surface area contributed by atoms with E-state index in [4.69, 9.17) is 4.74 Å². The molecule has 160 valence electrons. The van der Waals surface area contributed by atoms with Crippen molar-refractivity contribution in [3.8, 4) is 22.9 Å². The van der Waals surface area contributed by atoms with Gasteiger partial charge in [0.1, 0.15) is 17.7 Å². The number of amides is 2. The van der Waals surface area contributed by atoms with Gasteiger partial charge in [0.15, 0.2) is 0 Å². The minimum Gasteiger partial charge on any atom is -0.438 e. The van der Waals surface area contributed by atoms with Crippen molar-refractivity contribution in [2.45, 2.75) is 0 Å². The van der Waals surface area contributed by atoms with Crippen molar-refractivity contribution in [3.63, 3.8) is 0 Å². The summed E-state index contributed by atoms with van der Waals surface area (Å²) in [5, 5.41) is 2.81. The standard InChI is InChI=1S/C24H21N5O3/c1-29(2)18-9-7-17(8-10-18)21-13-20-23(28-21)25-14-26-24(20)32-19-5-3-4-16(12-19)6-11-22(31)27-15-30/h3-15H,1-2H3,(H,25,26,28)(H,27,30,31). The monoisotopic (exact) mass is 427 g/mol. The third-order valence-corrected chi connectivity index (χ3v) is 4.78. The summed E-state index contributed by atoms with van der Waals surface area (Å²) in [6.07, 6.45) is 4.65. The molecule has 8 nitrogen and oxygen atoms in total. The van der Waals surface area contributed by atoms with E-state index in [1.807, 2.05) is 43.3 Å². The van der Waals surface area contributed by atoms with Crippen LogP contribution < -0.4 is 15.0 Å². The molecule has 0 aliphatic rings. The first kappa shape index (κ1) is 20.8. The number of hydrogen-bond acceptors (Lipinski definition) is 6. The van der Waals surface area contributed by atoms with Gasteiger partial charge in [0.25, 0.3) is 0 Å². The topological polar surface area (TPSA) is 100 Å². The van der Waals surface area contributed by atoms with Crippen molar-refractivity contribution in [1.82, 2.24) is 20.3 Å². The SMILES string of the molecule is CN(C)c1ccc(-c2cc3c(Oc4cccc(C=CC(=O)NC=O)c4)ncnc3[nH]2)cc1. The largest absolute Gasteiger partial charge is 0.438 e. The van der Waals surface area contributed by atoms with E-state index in [1.165, 1.54) is 12.4 Å². The maximum atomic E-state index is 11.4. The summed E-state index contributed by atoms with van der Waals surface area (Å²) in [6, 6.07) is 17.4. The van der Waals surface area contributed by atoms with Gasteiger partial charge in [0.05, 0.1) is 5.39 Å². The molecule has 0 radical (unpaired) electrons. The number of aromatic amines is 1. The number of carbonyl (C=O) groups is 2. The van der Waals surface area contributed by atoms with Crippen molar-refractivity contribution in [3.05, 3.63) is 72.6 Å². The Morgan fingerprint density at radius 2 is 1.91 bits per heavy atom. The van der Waals surface area contributed by atoms with Crippen molar-refractivity contribution in [2.24, 2.45) is 0 Å². The van der Waals surface area contributed by atoms with Gasteiger partial charge in [0, 0.05) is 31.6 Å². The van der Waals surface area contributed by atoms with Crippen molar-refractivity contribution in [1.29, 1.82) is 0 Å². The molecule has 0 spiro atoms. The van der Waals surface area contributed by atoms with Crippen molar-refractivity contribution in [2.75, 3.05) is 19.0 Å². The molecule has 2 aromatic carbocycles. The highest BCUT2D eigenvalue weighted by Gasteiger charge is 2.12. The molecule has 2 amide bonds. The third kappa shape index (κ3) is 4.65. The first-order valence-corrected chi connectivity index (χ1v) is 9.85. The lowest BCUT2D eigenvalue weighted by Crippen LogP contribution is -2.17. The molecule has 0 fully saturated rings. The fourth-order valence-electron chi connectivity index (χ4n) is 3.16. The molecule has 0 bridgehead atoms. The maximum Gasteiger partial charge on any atom is 0.250 e. The van der Waals surface area contributed by atoms with E-state index in [9.17, 15) is 9.59 Å². The molecule has 4 aromatic rings. The van der Waals surface area contributed by atoms with E-state index in [0.29, 0.717) is 23.7 Å². The molecule has 8 heteroatoms. The lowest BCUT2D eigenvalue weighted by atomic mass is 10.1. The second-order valence-electron chi connectivity index (χ2n) is 7.20. The zero-order valence-electron chi connectivity index (χ0n) is 17.6. The van der Waals surface area contributed by atoms with Crippen molar-refractivity contribution >= 4 is 35.1 Å². The Labute approximate surface area is 184 Å². The van der Waals surface area contributed by atoms with E-state index >= 15 is 0 Å². The van der Waals surface area contributed by atoms with Gasteiger partial charge in [-0.3, -0.25) is 14.9 Å². The molecular weight excluding hydrogens is 406 g/mol. The summed E-state index contributed by atoms with van der Waals surface area (Å²) in [5.41, 5.74) is 4.47. The highest BCUT2D eigenvalue weighted by Crippen LogP contribution is 2.31. The second kappa shape index (κ2) is 9.13. The summed E-state index contributed by atoms with van der Waals surface area (Å²) in [7, 11) is 4.00. The highest BCUT2D eigenvalue weighted by atomic mass is 16.5. The van der Waals surface area contributed by atoms with E-state index in [-0.39, 0.29) is 0 Å². The summed E-state index contributed by atoms with van der Waals surface area (Å²) in [5.74, 6) is 0.477. The van der Waals surface area contributed by atoms with Gasteiger partial charge >= 0.3 is 0 Å². The van der Waals surface area contributed by atoms with Crippen LogP contribution in [0, 0.1) is 0 Å². The Bertz CT molecular complexity index is 1290. The lowest BCUT2D eigenvalue weighted by molar-refractivity contribution is -0.121. The summed E-state index contributed by atoms with van der Waals surface area (Å²) < 4.78 is 6.02. The van der Waals surface area contributed by atoms with Crippen LogP contribution in [0.2, 0.25) is 0 Å². The number of benzene rings is 2. The van der Waals surface area contributed by atoms with E-state index < -0.39 is 5.91 Å². The molecule has 2 aromatic heterocycles. The van der Waals surface area contributed by atoms with Crippen LogP contribution in [0.15, 0.2) is 67.0 Å². The Balaban J connectivity index is 1.60. The number of nitrogens with zero attached hydrogens (tertiary/aromatic N) is 3. The number of nitrogens with one attached hydrogen (secondary N) is 2. The van der Waals surface area contributed by atoms with Crippen LogP contribution in [-0.2, 0) is 9.59 Å². The zero-order valence-corrected chi connectivity index (χ0v) is 17.6. The Kier molecular flexibility index (Phi) is 5.94. The number of carbonyl (C=O) groups excluding carboxylic acids is 2. The first-order chi connectivity index (χ1) is 15.5. The fourth-order valence-corrected chi connectivity index (χ4v) is 3.16. The van der Waals surface area contributed by atoms with Gasteiger partial charge < -0.3 is 14.6 Å². The molecule has 4 rings (SSSR count). The van der Waals surface area contributed by atoms with Gasteiger partial charge in [-0.1, -0.05) is 24.3 Å². The van der Waals surface area contributed by atoms with Gasteiger partial charge in [-0.15, -0.1) is 0 Å². The molecule has 0 saturated heterocycles. The smallest absolute Gasteiger partial charge is 0.250 e. The molecule has 0 unspecified atom stereocenters. The van der Waals surface area contributed by atoms with Crippen LogP contribution in [0.25, 0.3) is 28.4 Å². The molecule has 0 aliphatic heterocycles. The first-order valence-electron chi connectivity index (χ1n) is 9.85. The molecule has 0 atom stereocenters.